The van der Waals surface area contributed by atoms with Gasteiger partial charge in [-0.15, -0.1) is 5.10 Å². The van der Waals surface area contributed by atoms with E-state index in [2.05, 4.69) is 42.0 Å². The number of ether oxygens (including phenoxy) is 1. The minimum Gasteiger partial charge on any atom is -0.381 e. The van der Waals surface area contributed by atoms with Crippen LogP contribution in [-0.2, 0) is 18.3 Å². The molecule has 0 unspecified atom stereocenters. The Hall–Kier alpha value is -1.21. The summed E-state index contributed by atoms with van der Waals surface area (Å²) < 4.78 is 10.0. The van der Waals surface area contributed by atoms with E-state index in [9.17, 15) is 0 Å². The molecule has 0 atom stereocenters. The fourth-order valence-electron chi connectivity index (χ4n) is 2.36. The van der Waals surface area contributed by atoms with Crippen molar-refractivity contribution in [1.29, 1.82) is 0 Å². The minimum atomic E-state index is 0.531. The van der Waals surface area contributed by atoms with Gasteiger partial charge in [0, 0.05) is 32.4 Å². The summed E-state index contributed by atoms with van der Waals surface area (Å²) in [4.78, 5) is 4.52. The van der Waals surface area contributed by atoms with Gasteiger partial charge in [0.25, 0.3) is 0 Å². The number of nitrogens with zero attached hydrogens (tertiary/aromatic N) is 5. The molecule has 3 rings (SSSR count). The van der Waals surface area contributed by atoms with E-state index in [0.717, 1.165) is 48.6 Å². The van der Waals surface area contributed by atoms with Gasteiger partial charge in [-0.1, -0.05) is 5.21 Å². The maximum atomic E-state index is 5.38. The molecule has 0 radical (unpaired) electrons. The topological polar surface area (TPSA) is 57.8 Å². The second kappa shape index (κ2) is 5.42. The minimum absolute atomic E-state index is 0.531. The first-order valence-electron chi connectivity index (χ1n) is 6.37. The lowest BCUT2D eigenvalue weighted by Gasteiger charge is -2.19. The molecule has 7 heteroatoms. The molecule has 2 aromatic rings. The van der Waals surface area contributed by atoms with Gasteiger partial charge < -0.3 is 9.30 Å². The van der Waals surface area contributed by atoms with Crippen molar-refractivity contribution in [2.24, 2.45) is 7.05 Å². The van der Waals surface area contributed by atoms with Crippen LogP contribution < -0.4 is 0 Å². The molecule has 1 fully saturated rings. The van der Waals surface area contributed by atoms with Crippen LogP contribution in [0.1, 0.15) is 30.1 Å². The quantitative estimate of drug-likeness (QED) is 0.862. The van der Waals surface area contributed by atoms with E-state index in [1.54, 1.807) is 4.68 Å². The SMILES string of the molecule is Cn1nnc(Br)c1Cn1cnc(C2CCOCC2)c1. The molecule has 1 saturated heterocycles. The summed E-state index contributed by atoms with van der Waals surface area (Å²) in [6, 6.07) is 0. The predicted octanol–water partition coefficient (Wildman–Crippen LogP) is 1.72. The molecule has 0 amide bonds. The fourth-order valence-corrected chi connectivity index (χ4v) is 2.81. The molecule has 6 nitrogen and oxygen atoms in total. The van der Waals surface area contributed by atoms with E-state index in [-0.39, 0.29) is 0 Å². The average molecular weight is 326 g/mol. The second-order valence-corrected chi connectivity index (χ2v) is 5.56. The van der Waals surface area contributed by atoms with Crippen LogP contribution in [0, 0.1) is 0 Å². The van der Waals surface area contributed by atoms with Crippen LogP contribution in [0.15, 0.2) is 17.1 Å². The summed E-state index contributed by atoms with van der Waals surface area (Å²) in [6.45, 7) is 2.41. The fraction of sp³-hybridized carbons (Fsp3) is 0.583. The number of halogens is 1. The van der Waals surface area contributed by atoms with Gasteiger partial charge in [0.05, 0.1) is 24.3 Å². The van der Waals surface area contributed by atoms with Crippen molar-refractivity contribution >= 4 is 15.9 Å². The summed E-state index contributed by atoms with van der Waals surface area (Å²) in [6.07, 6.45) is 6.13. The van der Waals surface area contributed by atoms with E-state index in [4.69, 9.17) is 4.74 Å². The Balaban J connectivity index is 1.74. The molecule has 0 saturated carbocycles. The third kappa shape index (κ3) is 2.71. The molecule has 0 spiro atoms. The highest BCUT2D eigenvalue weighted by Crippen LogP contribution is 2.25. The smallest absolute Gasteiger partial charge is 0.153 e. The average Bonchev–Trinajstić information content (AvgIpc) is 3.02. The van der Waals surface area contributed by atoms with Crippen molar-refractivity contribution in [3.63, 3.8) is 0 Å². The van der Waals surface area contributed by atoms with Crippen LogP contribution in [0.2, 0.25) is 0 Å². The highest BCUT2D eigenvalue weighted by atomic mass is 79.9. The lowest BCUT2D eigenvalue weighted by atomic mass is 9.97. The van der Waals surface area contributed by atoms with E-state index >= 15 is 0 Å². The molecule has 3 heterocycles. The van der Waals surface area contributed by atoms with Crippen LogP contribution >= 0.6 is 15.9 Å². The Morgan fingerprint density at radius 1 is 1.42 bits per heavy atom. The van der Waals surface area contributed by atoms with Crippen molar-refractivity contribution in [3.05, 3.63) is 28.5 Å². The number of imidazole rings is 1. The zero-order valence-electron chi connectivity index (χ0n) is 10.8. The summed E-state index contributed by atoms with van der Waals surface area (Å²) in [5.41, 5.74) is 2.20. The number of aromatic nitrogens is 5. The molecule has 102 valence electrons. The zero-order chi connectivity index (χ0) is 13.2. The maximum absolute atomic E-state index is 5.38. The standard InChI is InChI=1S/C12H16BrN5O/c1-17-11(12(13)15-16-17)7-18-6-10(14-8-18)9-2-4-19-5-3-9/h6,8-9H,2-5,7H2,1H3. The molecule has 0 bridgehead atoms. The van der Waals surface area contributed by atoms with E-state index < -0.39 is 0 Å². The van der Waals surface area contributed by atoms with E-state index in [0.29, 0.717) is 5.92 Å². The van der Waals surface area contributed by atoms with Gasteiger partial charge in [0.15, 0.2) is 4.60 Å². The van der Waals surface area contributed by atoms with Crippen LogP contribution in [0.5, 0.6) is 0 Å². The lowest BCUT2D eigenvalue weighted by molar-refractivity contribution is 0.0845. The summed E-state index contributed by atoms with van der Waals surface area (Å²) in [5, 5.41) is 7.97. The second-order valence-electron chi connectivity index (χ2n) is 4.81. The molecule has 1 aliphatic heterocycles. The zero-order valence-corrected chi connectivity index (χ0v) is 12.4. The monoisotopic (exact) mass is 325 g/mol. The third-order valence-electron chi connectivity index (χ3n) is 3.52. The highest BCUT2D eigenvalue weighted by Gasteiger charge is 2.18. The molecule has 19 heavy (non-hydrogen) atoms. The molecule has 0 aliphatic carbocycles. The molecule has 2 aromatic heterocycles. The van der Waals surface area contributed by atoms with Crippen molar-refractivity contribution in [2.75, 3.05) is 13.2 Å². The lowest BCUT2D eigenvalue weighted by Crippen LogP contribution is -2.14. The van der Waals surface area contributed by atoms with Crippen LogP contribution in [-0.4, -0.2) is 37.8 Å². The Bertz CT molecular complexity index is 539. The molecular formula is C12H16BrN5O. The van der Waals surface area contributed by atoms with Crippen molar-refractivity contribution < 1.29 is 4.74 Å². The van der Waals surface area contributed by atoms with Gasteiger partial charge >= 0.3 is 0 Å². The molecular weight excluding hydrogens is 310 g/mol. The van der Waals surface area contributed by atoms with E-state index in [1.165, 1.54) is 0 Å². The first kappa shape index (κ1) is 12.8. The highest BCUT2D eigenvalue weighted by molar-refractivity contribution is 9.10. The summed E-state index contributed by atoms with van der Waals surface area (Å²) in [7, 11) is 1.89. The van der Waals surface area contributed by atoms with Gasteiger partial charge in [-0.25, -0.2) is 9.67 Å². The normalized spacial score (nSPS) is 16.9. The van der Waals surface area contributed by atoms with Crippen molar-refractivity contribution in [2.45, 2.75) is 25.3 Å². The first-order valence-corrected chi connectivity index (χ1v) is 7.17. The van der Waals surface area contributed by atoms with Gasteiger partial charge in [-0.2, -0.15) is 0 Å². The number of rotatable bonds is 3. The van der Waals surface area contributed by atoms with Gasteiger partial charge in [0.1, 0.15) is 0 Å². The van der Waals surface area contributed by atoms with Crippen LogP contribution in [0.25, 0.3) is 0 Å². The predicted molar refractivity (Wildman–Crippen MR) is 72.8 cm³/mol. The molecule has 0 N–H and O–H groups in total. The Kier molecular flexibility index (Phi) is 3.65. The van der Waals surface area contributed by atoms with Gasteiger partial charge in [0.2, 0.25) is 0 Å². The van der Waals surface area contributed by atoms with Crippen molar-refractivity contribution in [3.8, 4) is 0 Å². The Morgan fingerprint density at radius 3 is 2.89 bits per heavy atom. The Morgan fingerprint density at radius 2 is 2.21 bits per heavy atom. The van der Waals surface area contributed by atoms with E-state index in [1.807, 2.05) is 13.4 Å². The summed E-state index contributed by atoms with van der Waals surface area (Å²) in [5.74, 6) is 0.531. The summed E-state index contributed by atoms with van der Waals surface area (Å²) >= 11 is 3.41. The number of hydrogen-bond donors (Lipinski definition) is 0. The first-order chi connectivity index (χ1) is 9.24. The molecule has 0 aromatic carbocycles. The number of aryl methyl sites for hydroxylation is 1. The van der Waals surface area contributed by atoms with Crippen molar-refractivity contribution in [1.82, 2.24) is 24.5 Å². The van der Waals surface area contributed by atoms with Gasteiger partial charge in [-0.3, -0.25) is 0 Å². The third-order valence-corrected chi connectivity index (χ3v) is 4.14. The largest absolute Gasteiger partial charge is 0.381 e. The molecule has 1 aliphatic rings. The van der Waals surface area contributed by atoms with Crippen LogP contribution in [0.4, 0.5) is 0 Å². The maximum Gasteiger partial charge on any atom is 0.153 e. The van der Waals surface area contributed by atoms with Crippen LogP contribution in [0.3, 0.4) is 0 Å². The number of hydrogen-bond acceptors (Lipinski definition) is 4. The Labute approximate surface area is 119 Å². The van der Waals surface area contributed by atoms with Gasteiger partial charge in [-0.05, 0) is 28.8 Å².